The van der Waals surface area contributed by atoms with E-state index in [0.717, 1.165) is 18.4 Å². The minimum absolute atomic E-state index is 0.0563. The molecule has 0 spiro atoms. The Bertz CT molecular complexity index is 905. The van der Waals surface area contributed by atoms with Crippen molar-refractivity contribution in [2.45, 2.75) is 26.7 Å². The van der Waals surface area contributed by atoms with E-state index in [4.69, 9.17) is 5.11 Å². The highest BCUT2D eigenvalue weighted by Gasteiger charge is 2.29. The van der Waals surface area contributed by atoms with Gasteiger partial charge in [-0.3, -0.25) is 9.59 Å². The van der Waals surface area contributed by atoms with Crippen molar-refractivity contribution in [3.63, 3.8) is 0 Å². The van der Waals surface area contributed by atoms with E-state index in [1.165, 1.54) is 6.07 Å². The third-order valence-corrected chi connectivity index (χ3v) is 5.10. The van der Waals surface area contributed by atoms with Crippen molar-refractivity contribution < 1.29 is 19.5 Å². The summed E-state index contributed by atoms with van der Waals surface area (Å²) in [5, 5.41) is 12.0. The highest BCUT2D eigenvalue weighted by Crippen LogP contribution is 2.22. The van der Waals surface area contributed by atoms with Crippen molar-refractivity contribution >= 4 is 23.5 Å². The molecular formula is C22H24N2O4. The second-order valence-corrected chi connectivity index (χ2v) is 7.28. The first-order valence-corrected chi connectivity index (χ1v) is 9.36. The van der Waals surface area contributed by atoms with Crippen LogP contribution >= 0.6 is 0 Å². The topological polar surface area (TPSA) is 86.7 Å². The van der Waals surface area contributed by atoms with Gasteiger partial charge < -0.3 is 15.3 Å². The molecule has 1 aliphatic rings. The Balaban J connectivity index is 1.66. The number of piperidine rings is 1. The summed E-state index contributed by atoms with van der Waals surface area (Å²) >= 11 is 0. The minimum Gasteiger partial charge on any atom is -0.478 e. The first-order valence-electron chi connectivity index (χ1n) is 9.36. The number of likely N-dealkylation sites (tertiary alicyclic amines) is 1. The molecule has 3 rings (SSSR count). The lowest BCUT2D eigenvalue weighted by Crippen LogP contribution is -2.43. The summed E-state index contributed by atoms with van der Waals surface area (Å²) in [6, 6.07) is 12.2. The standard InChI is InChI=1S/C22H24N2O4/c1-14-5-7-16(8-6-14)21(26)24-11-3-4-17(13-24)20(25)23-18-9-10-19(22(27)28)15(2)12-18/h5-10,12,17H,3-4,11,13H2,1-2H3,(H,23,25)(H,27,28). The SMILES string of the molecule is Cc1ccc(C(=O)N2CCCC(C(=O)Nc3ccc(C(=O)O)c(C)c3)C2)cc1. The van der Waals surface area contributed by atoms with Gasteiger partial charge in [0.15, 0.2) is 0 Å². The Morgan fingerprint density at radius 1 is 1.07 bits per heavy atom. The molecule has 2 N–H and O–H groups in total. The molecule has 6 nitrogen and oxygen atoms in total. The van der Waals surface area contributed by atoms with Gasteiger partial charge in [-0.15, -0.1) is 0 Å². The highest BCUT2D eigenvalue weighted by molar-refractivity contribution is 5.97. The highest BCUT2D eigenvalue weighted by atomic mass is 16.4. The second-order valence-electron chi connectivity index (χ2n) is 7.28. The lowest BCUT2D eigenvalue weighted by Gasteiger charge is -2.32. The van der Waals surface area contributed by atoms with Crippen LogP contribution in [0.15, 0.2) is 42.5 Å². The number of nitrogens with zero attached hydrogens (tertiary/aromatic N) is 1. The van der Waals surface area contributed by atoms with Gasteiger partial charge in [-0.25, -0.2) is 4.79 Å². The van der Waals surface area contributed by atoms with Crippen LogP contribution in [-0.2, 0) is 4.79 Å². The van der Waals surface area contributed by atoms with Crippen molar-refractivity contribution in [2.24, 2.45) is 5.92 Å². The van der Waals surface area contributed by atoms with E-state index >= 15 is 0 Å². The zero-order valence-corrected chi connectivity index (χ0v) is 16.1. The van der Waals surface area contributed by atoms with Gasteiger partial charge in [0.1, 0.15) is 0 Å². The first-order chi connectivity index (χ1) is 13.3. The van der Waals surface area contributed by atoms with Crippen molar-refractivity contribution in [3.8, 4) is 0 Å². The summed E-state index contributed by atoms with van der Waals surface area (Å²) in [5.41, 5.74) is 3.09. The van der Waals surface area contributed by atoms with Gasteiger partial charge in [-0.2, -0.15) is 0 Å². The quantitative estimate of drug-likeness (QED) is 0.850. The molecule has 6 heteroatoms. The largest absolute Gasteiger partial charge is 0.478 e. The molecule has 1 heterocycles. The molecule has 2 aromatic carbocycles. The predicted octanol–water partition coefficient (Wildman–Crippen LogP) is 3.49. The van der Waals surface area contributed by atoms with E-state index in [9.17, 15) is 14.4 Å². The lowest BCUT2D eigenvalue weighted by atomic mass is 9.96. The molecule has 0 aliphatic carbocycles. The number of hydrogen-bond acceptors (Lipinski definition) is 3. The number of amides is 2. The van der Waals surface area contributed by atoms with E-state index < -0.39 is 5.97 Å². The smallest absolute Gasteiger partial charge is 0.335 e. The molecule has 1 aliphatic heterocycles. The monoisotopic (exact) mass is 380 g/mol. The van der Waals surface area contributed by atoms with Gasteiger partial charge in [0.2, 0.25) is 5.91 Å². The van der Waals surface area contributed by atoms with Crippen LogP contribution in [-0.4, -0.2) is 40.9 Å². The van der Waals surface area contributed by atoms with E-state index in [-0.39, 0.29) is 23.3 Å². The van der Waals surface area contributed by atoms with Crippen molar-refractivity contribution in [3.05, 3.63) is 64.7 Å². The number of carbonyl (C=O) groups is 3. The number of carboxylic acids is 1. The maximum absolute atomic E-state index is 12.7. The Morgan fingerprint density at radius 3 is 2.43 bits per heavy atom. The van der Waals surface area contributed by atoms with Crippen molar-refractivity contribution in [1.29, 1.82) is 0 Å². The molecule has 28 heavy (non-hydrogen) atoms. The van der Waals surface area contributed by atoms with Crippen LogP contribution in [0.4, 0.5) is 5.69 Å². The van der Waals surface area contributed by atoms with Gasteiger partial charge in [0.05, 0.1) is 11.5 Å². The normalized spacial score (nSPS) is 16.5. The number of aryl methyl sites for hydroxylation is 2. The summed E-state index contributed by atoms with van der Waals surface area (Å²) in [5.74, 6) is -1.49. The van der Waals surface area contributed by atoms with Crippen LogP contribution in [0.5, 0.6) is 0 Å². The molecule has 1 saturated heterocycles. The number of benzene rings is 2. The van der Waals surface area contributed by atoms with E-state index in [1.54, 1.807) is 24.0 Å². The maximum atomic E-state index is 12.7. The summed E-state index contributed by atoms with van der Waals surface area (Å²) in [6.45, 7) is 4.69. The van der Waals surface area contributed by atoms with Crippen molar-refractivity contribution in [2.75, 3.05) is 18.4 Å². The van der Waals surface area contributed by atoms with Crippen LogP contribution in [0.3, 0.4) is 0 Å². The average Bonchev–Trinajstić information content (AvgIpc) is 2.68. The molecule has 0 bridgehead atoms. The minimum atomic E-state index is -0.993. The zero-order chi connectivity index (χ0) is 20.3. The number of rotatable bonds is 4. The second kappa shape index (κ2) is 8.25. The van der Waals surface area contributed by atoms with Gasteiger partial charge in [-0.1, -0.05) is 17.7 Å². The molecular weight excluding hydrogens is 356 g/mol. The van der Waals surface area contributed by atoms with Crippen molar-refractivity contribution in [1.82, 2.24) is 4.90 Å². The predicted molar refractivity (Wildman–Crippen MR) is 107 cm³/mol. The maximum Gasteiger partial charge on any atom is 0.335 e. The molecule has 0 saturated carbocycles. The van der Waals surface area contributed by atoms with E-state index in [2.05, 4.69) is 5.32 Å². The fraction of sp³-hybridized carbons (Fsp3) is 0.318. The third kappa shape index (κ3) is 4.39. The van der Waals surface area contributed by atoms with Gasteiger partial charge >= 0.3 is 5.97 Å². The lowest BCUT2D eigenvalue weighted by molar-refractivity contribution is -0.121. The average molecular weight is 380 g/mol. The Morgan fingerprint density at radius 2 is 1.79 bits per heavy atom. The first kappa shape index (κ1) is 19.6. The van der Waals surface area contributed by atoms with Gasteiger partial charge in [-0.05, 0) is 62.6 Å². The number of carbonyl (C=O) groups excluding carboxylic acids is 2. The van der Waals surface area contributed by atoms with E-state index in [1.807, 2.05) is 31.2 Å². The number of carboxylic acid groups (broad SMARTS) is 1. The fourth-order valence-corrected chi connectivity index (χ4v) is 3.48. The molecule has 1 atom stereocenters. The number of anilines is 1. The number of nitrogens with one attached hydrogen (secondary N) is 1. The summed E-state index contributed by atoms with van der Waals surface area (Å²) in [7, 11) is 0. The molecule has 0 aromatic heterocycles. The molecule has 0 radical (unpaired) electrons. The summed E-state index contributed by atoms with van der Waals surface area (Å²) < 4.78 is 0. The third-order valence-electron chi connectivity index (χ3n) is 5.10. The molecule has 146 valence electrons. The molecule has 1 unspecified atom stereocenters. The molecule has 1 fully saturated rings. The Labute approximate surface area is 164 Å². The molecule has 2 amide bonds. The number of hydrogen-bond donors (Lipinski definition) is 2. The Hall–Kier alpha value is -3.15. The van der Waals surface area contributed by atoms with Gasteiger partial charge in [0.25, 0.3) is 5.91 Å². The summed E-state index contributed by atoms with van der Waals surface area (Å²) in [4.78, 5) is 38.3. The van der Waals surface area contributed by atoms with E-state index in [0.29, 0.717) is 29.9 Å². The number of aromatic carboxylic acids is 1. The fourth-order valence-electron chi connectivity index (χ4n) is 3.48. The van der Waals surface area contributed by atoms with Crippen LogP contribution in [0, 0.1) is 19.8 Å². The van der Waals surface area contributed by atoms with Gasteiger partial charge in [0, 0.05) is 24.3 Å². The van der Waals surface area contributed by atoms with Crippen LogP contribution in [0.1, 0.15) is 44.7 Å². The summed E-state index contributed by atoms with van der Waals surface area (Å²) in [6.07, 6.45) is 1.49. The van der Waals surface area contributed by atoms with Crippen LogP contribution in [0.2, 0.25) is 0 Å². The van der Waals surface area contributed by atoms with Crippen LogP contribution in [0.25, 0.3) is 0 Å². The Kier molecular flexibility index (Phi) is 5.78. The van der Waals surface area contributed by atoms with Crippen LogP contribution < -0.4 is 5.32 Å². The zero-order valence-electron chi connectivity index (χ0n) is 16.1. The molecule has 2 aromatic rings.